The third-order valence-corrected chi connectivity index (χ3v) is 2.15. The maximum absolute atomic E-state index is 10.7. The Bertz CT molecular complexity index is 544. The van der Waals surface area contributed by atoms with E-state index < -0.39 is 5.97 Å². The molecule has 1 N–H and O–H groups in total. The SMILES string of the molecule is CCOc1ccccc1Oc1ccc(C(=O)O)o1. The van der Waals surface area contributed by atoms with Gasteiger partial charge in [0, 0.05) is 6.07 Å². The van der Waals surface area contributed by atoms with Gasteiger partial charge in [0.2, 0.25) is 5.76 Å². The molecule has 5 nitrogen and oxygen atoms in total. The molecule has 0 atom stereocenters. The fourth-order valence-corrected chi connectivity index (χ4v) is 1.41. The Kier molecular flexibility index (Phi) is 3.52. The number of para-hydroxylation sites is 2. The van der Waals surface area contributed by atoms with Crippen molar-refractivity contribution in [2.45, 2.75) is 6.92 Å². The third kappa shape index (κ3) is 2.63. The molecular formula is C13H12O5. The van der Waals surface area contributed by atoms with Gasteiger partial charge in [0.25, 0.3) is 5.95 Å². The van der Waals surface area contributed by atoms with E-state index in [1.54, 1.807) is 18.2 Å². The highest BCUT2D eigenvalue weighted by atomic mass is 16.6. The van der Waals surface area contributed by atoms with E-state index >= 15 is 0 Å². The predicted molar refractivity (Wildman–Crippen MR) is 63.4 cm³/mol. The number of rotatable bonds is 5. The maximum Gasteiger partial charge on any atom is 0.371 e. The molecular weight excluding hydrogens is 236 g/mol. The fraction of sp³-hybridized carbons (Fsp3) is 0.154. The minimum absolute atomic E-state index is 0.111. The monoisotopic (exact) mass is 248 g/mol. The molecule has 18 heavy (non-hydrogen) atoms. The summed E-state index contributed by atoms with van der Waals surface area (Å²) in [5, 5.41) is 8.73. The molecule has 0 aliphatic heterocycles. The van der Waals surface area contributed by atoms with Crippen molar-refractivity contribution in [3.05, 3.63) is 42.2 Å². The molecule has 0 fully saturated rings. The van der Waals surface area contributed by atoms with Crippen LogP contribution in [0.5, 0.6) is 17.4 Å². The van der Waals surface area contributed by atoms with Gasteiger partial charge in [0.1, 0.15) is 0 Å². The van der Waals surface area contributed by atoms with Gasteiger partial charge in [-0.3, -0.25) is 0 Å². The molecule has 0 unspecified atom stereocenters. The number of ether oxygens (including phenoxy) is 2. The predicted octanol–water partition coefficient (Wildman–Crippen LogP) is 3.17. The number of carbonyl (C=O) groups is 1. The van der Waals surface area contributed by atoms with Crippen molar-refractivity contribution in [3.8, 4) is 17.4 Å². The first-order valence-electron chi connectivity index (χ1n) is 5.43. The van der Waals surface area contributed by atoms with Crippen molar-refractivity contribution in [3.63, 3.8) is 0 Å². The Morgan fingerprint density at radius 3 is 2.56 bits per heavy atom. The zero-order chi connectivity index (χ0) is 13.0. The lowest BCUT2D eigenvalue weighted by Crippen LogP contribution is -1.94. The highest BCUT2D eigenvalue weighted by Crippen LogP contribution is 2.32. The summed E-state index contributed by atoms with van der Waals surface area (Å²) >= 11 is 0. The van der Waals surface area contributed by atoms with Crippen LogP contribution in [0.25, 0.3) is 0 Å². The lowest BCUT2D eigenvalue weighted by molar-refractivity contribution is 0.0657. The molecule has 0 saturated carbocycles. The average Bonchev–Trinajstić information content (AvgIpc) is 2.81. The molecule has 0 radical (unpaired) electrons. The van der Waals surface area contributed by atoms with Gasteiger partial charge in [-0.1, -0.05) is 12.1 Å². The molecule has 0 spiro atoms. The van der Waals surface area contributed by atoms with Crippen molar-refractivity contribution >= 4 is 5.97 Å². The van der Waals surface area contributed by atoms with Gasteiger partial charge in [-0.15, -0.1) is 0 Å². The summed E-state index contributed by atoms with van der Waals surface area (Å²) in [4.78, 5) is 10.7. The highest BCUT2D eigenvalue weighted by Gasteiger charge is 2.12. The van der Waals surface area contributed by atoms with E-state index in [1.165, 1.54) is 12.1 Å². The van der Waals surface area contributed by atoms with E-state index in [4.69, 9.17) is 19.0 Å². The Balaban J connectivity index is 2.19. The van der Waals surface area contributed by atoms with Gasteiger partial charge in [0.15, 0.2) is 11.5 Å². The van der Waals surface area contributed by atoms with Crippen LogP contribution >= 0.6 is 0 Å². The maximum atomic E-state index is 10.7. The summed E-state index contributed by atoms with van der Waals surface area (Å²) in [7, 11) is 0. The first-order chi connectivity index (χ1) is 8.70. The number of carboxylic acid groups (broad SMARTS) is 1. The molecule has 0 amide bonds. The number of hydrogen-bond donors (Lipinski definition) is 1. The van der Waals surface area contributed by atoms with Crippen LogP contribution in [-0.2, 0) is 0 Å². The van der Waals surface area contributed by atoms with Crippen LogP contribution in [0.3, 0.4) is 0 Å². The normalized spacial score (nSPS) is 10.1. The number of benzene rings is 1. The van der Waals surface area contributed by atoms with Gasteiger partial charge < -0.3 is 19.0 Å². The van der Waals surface area contributed by atoms with Crippen LogP contribution < -0.4 is 9.47 Å². The van der Waals surface area contributed by atoms with Gasteiger partial charge >= 0.3 is 5.97 Å². The second-order valence-electron chi connectivity index (χ2n) is 3.41. The lowest BCUT2D eigenvalue weighted by Gasteiger charge is -2.08. The molecule has 0 aliphatic carbocycles. The van der Waals surface area contributed by atoms with Crippen molar-refractivity contribution in [1.29, 1.82) is 0 Å². The van der Waals surface area contributed by atoms with Gasteiger partial charge in [0.05, 0.1) is 6.61 Å². The van der Waals surface area contributed by atoms with E-state index in [2.05, 4.69) is 0 Å². The summed E-state index contributed by atoms with van der Waals surface area (Å²) in [5.41, 5.74) is 0. The topological polar surface area (TPSA) is 68.9 Å². The molecule has 1 aromatic heterocycles. The van der Waals surface area contributed by atoms with Crippen molar-refractivity contribution in [1.82, 2.24) is 0 Å². The minimum atomic E-state index is -1.14. The molecule has 0 bridgehead atoms. The number of carboxylic acids is 1. The van der Waals surface area contributed by atoms with E-state index in [9.17, 15) is 4.79 Å². The number of furan rings is 1. The van der Waals surface area contributed by atoms with Crippen LogP contribution in [0.15, 0.2) is 40.8 Å². The van der Waals surface area contributed by atoms with E-state index in [0.29, 0.717) is 18.1 Å². The molecule has 1 heterocycles. The Morgan fingerprint density at radius 2 is 1.94 bits per heavy atom. The molecule has 94 valence electrons. The highest BCUT2D eigenvalue weighted by molar-refractivity contribution is 5.84. The second-order valence-corrected chi connectivity index (χ2v) is 3.41. The Labute approximate surface area is 104 Å². The van der Waals surface area contributed by atoms with Crippen LogP contribution in [0.4, 0.5) is 0 Å². The van der Waals surface area contributed by atoms with E-state index in [1.807, 2.05) is 13.0 Å². The molecule has 2 rings (SSSR count). The second kappa shape index (κ2) is 5.27. The Morgan fingerprint density at radius 1 is 1.22 bits per heavy atom. The fourth-order valence-electron chi connectivity index (χ4n) is 1.41. The van der Waals surface area contributed by atoms with E-state index in [0.717, 1.165) is 0 Å². The summed E-state index contributed by atoms with van der Waals surface area (Å²) in [6.45, 7) is 2.38. The first kappa shape index (κ1) is 12.0. The van der Waals surface area contributed by atoms with Crippen molar-refractivity contribution in [2.24, 2.45) is 0 Å². The molecule has 5 heteroatoms. The third-order valence-electron chi connectivity index (χ3n) is 2.15. The number of hydrogen-bond acceptors (Lipinski definition) is 4. The largest absolute Gasteiger partial charge is 0.490 e. The number of aromatic carboxylic acids is 1. The molecule has 0 aliphatic rings. The van der Waals surface area contributed by atoms with Gasteiger partial charge in [-0.2, -0.15) is 0 Å². The smallest absolute Gasteiger partial charge is 0.371 e. The first-order valence-corrected chi connectivity index (χ1v) is 5.43. The summed E-state index contributed by atoms with van der Waals surface area (Å²) in [6.07, 6.45) is 0. The zero-order valence-corrected chi connectivity index (χ0v) is 9.75. The van der Waals surface area contributed by atoms with Crippen LogP contribution in [0.2, 0.25) is 0 Å². The minimum Gasteiger partial charge on any atom is -0.490 e. The molecule has 2 aromatic rings. The summed E-state index contributed by atoms with van der Waals surface area (Å²) < 4.78 is 15.8. The van der Waals surface area contributed by atoms with Crippen LogP contribution in [0, 0.1) is 0 Å². The lowest BCUT2D eigenvalue weighted by atomic mass is 10.3. The summed E-state index contributed by atoms with van der Waals surface area (Å²) in [6, 6.07) is 9.88. The van der Waals surface area contributed by atoms with Crippen molar-refractivity contribution in [2.75, 3.05) is 6.61 Å². The van der Waals surface area contributed by atoms with Gasteiger partial charge in [-0.05, 0) is 25.1 Å². The van der Waals surface area contributed by atoms with Crippen LogP contribution in [0.1, 0.15) is 17.5 Å². The van der Waals surface area contributed by atoms with Crippen molar-refractivity contribution < 1.29 is 23.8 Å². The molecule has 1 aromatic carbocycles. The Hall–Kier alpha value is -2.43. The standard InChI is InChI=1S/C13H12O5/c1-2-16-9-5-3-4-6-10(9)17-12-8-7-11(18-12)13(14)15/h3-8H,2H2,1H3,(H,14,15). The van der Waals surface area contributed by atoms with E-state index in [-0.39, 0.29) is 11.7 Å². The zero-order valence-electron chi connectivity index (χ0n) is 9.75. The summed E-state index contributed by atoms with van der Waals surface area (Å²) in [5.74, 6) is -0.139. The molecule has 0 saturated heterocycles. The average molecular weight is 248 g/mol. The van der Waals surface area contributed by atoms with Crippen LogP contribution in [-0.4, -0.2) is 17.7 Å². The quantitative estimate of drug-likeness (QED) is 0.880. The van der Waals surface area contributed by atoms with Gasteiger partial charge in [-0.25, -0.2) is 4.79 Å².